The number of ether oxygens (including phenoxy) is 2. The predicted molar refractivity (Wildman–Crippen MR) is 141 cm³/mol. The van der Waals surface area contributed by atoms with E-state index in [0.29, 0.717) is 13.5 Å². The summed E-state index contributed by atoms with van der Waals surface area (Å²) in [6, 6.07) is 0. The molecule has 9 heteroatoms. The van der Waals surface area contributed by atoms with Crippen LogP contribution in [0.3, 0.4) is 0 Å². The van der Waals surface area contributed by atoms with Crippen molar-refractivity contribution in [1.82, 2.24) is 4.57 Å². The molecule has 1 aromatic heterocycles. The molecule has 0 saturated heterocycles. The zero-order valence-electron chi connectivity index (χ0n) is 23.1. The van der Waals surface area contributed by atoms with Crippen LogP contribution in [0.5, 0.6) is 0 Å². The van der Waals surface area contributed by atoms with E-state index in [4.69, 9.17) is 9.47 Å². The first kappa shape index (κ1) is 34.9. The van der Waals surface area contributed by atoms with Crippen molar-refractivity contribution in [3.8, 4) is 0 Å². The van der Waals surface area contributed by atoms with Gasteiger partial charge in [-0.3, -0.25) is 0 Å². The second-order valence-corrected chi connectivity index (χ2v) is 9.67. The Morgan fingerprint density at radius 1 is 0.611 bits per heavy atom. The normalized spacial score (nSPS) is 11.5. The molecule has 0 aliphatic rings. The number of unbranched alkanes of at least 4 members (excludes halogenated alkanes) is 16. The molecule has 0 unspecified atom stereocenters. The number of hydrogen-bond donors (Lipinski definition) is 0. The maximum absolute atomic E-state index is 9.75. The van der Waals surface area contributed by atoms with E-state index in [1.807, 2.05) is 0 Å². The number of imidazole rings is 1. The van der Waals surface area contributed by atoms with E-state index in [9.17, 15) is 17.3 Å². The van der Waals surface area contributed by atoms with Gasteiger partial charge in [0.2, 0.25) is 6.33 Å². The third kappa shape index (κ3) is 29.1. The van der Waals surface area contributed by atoms with Crippen molar-refractivity contribution in [2.75, 3.05) is 13.2 Å². The van der Waals surface area contributed by atoms with E-state index in [2.05, 4.69) is 41.7 Å². The fraction of sp³-hybridized carbons (Fsp3) is 0.889. The summed E-state index contributed by atoms with van der Waals surface area (Å²) in [5, 5.41) is 0. The number of rotatable bonds is 24. The lowest BCUT2D eigenvalue weighted by Gasteiger charge is -2.03. The summed E-state index contributed by atoms with van der Waals surface area (Å²) in [6.07, 6.45) is 30.6. The number of nitrogens with zero attached hydrogens (tertiary/aromatic N) is 2. The van der Waals surface area contributed by atoms with Crippen LogP contribution >= 0.6 is 0 Å². The fourth-order valence-electron chi connectivity index (χ4n) is 3.96. The van der Waals surface area contributed by atoms with Crippen molar-refractivity contribution in [3.05, 3.63) is 18.7 Å². The standard InChI is InChI=1S/C27H53N2O2.BF4/c1-3-5-7-9-11-13-15-17-19-23-30-26-28-21-22-29(25-28)27-31-24-20-18-16-14-12-10-8-6-4-2;2-1(3,4)5/h21-22,25H,3-20,23-24,26-27H2,1-2H3;/q+1;-1. The van der Waals surface area contributed by atoms with Gasteiger partial charge >= 0.3 is 7.25 Å². The highest BCUT2D eigenvalue weighted by molar-refractivity contribution is 6.50. The van der Waals surface area contributed by atoms with Crippen LogP contribution in [0.4, 0.5) is 17.3 Å². The molecule has 36 heavy (non-hydrogen) atoms. The van der Waals surface area contributed by atoms with Crippen molar-refractivity contribution in [2.24, 2.45) is 0 Å². The monoisotopic (exact) mass is 524 g/mol. The molecule has 0 fully saturated rings. The molecule has 0 bridgehead atoms. The lowest BCUT2D eigenvalue weighted by molar-refractivity contribution is -0.732. The first-order chi connectivity index (χ1) is 17.4. The van der Waals surface area contributed by atoms with Gasteiger partial charge in [0.1, 0.15) is 12.4 Å². The van der Waals surface area contributed by atoms with Gasteiger partial charge in [-0.2, -0.15) is 0 Å². The summed E-state index contributed by atoms with van der Waals surface area (Å²) >= 11 is 0. The van der Waals surface area contributed by atoms with Crippen molar-refractivity contribution in [1.29, 1.82) is 0 Å². The maximum Gasteiger partial charge on any atom is 0.673 e. The zero-order chi connectivity index (χ0) is 26.7. The number of aromatic nitrogens is 2. The molecule has 0 atom stereocenters. The van der Waals surface area contributed by atoms with Gasteiger partial charge in [-0.15, -0.1) is 0 Å². The summed E-state index contributed by atoms with van der Waals surface area (Å²) in [5.41, 5.74) is 0. The van der Waals surface area contributed by atoms with E-state index >= 15 is 0 Å². The highest BCUT2D eigenvalue weighted by Crippen LogP contribution is 2.10. The van der Waals surface area contributed by atoms with E-state index in [1.165, 1.54) is 116 Å². The van der Waals surface area contributed by atoms with Gasteiger partial charge in [0.25, 0.3) is 0 Å². The smallest absolute Gasteiger partial charge is 0.418 e. The Morgan fingerprint density at radius 3 is 1.44 bits per heavy atom. The minimum Gasteiger partial charge on any atom is -0.418 e. The molecule has 0 aliphatic heterocycles. The highest BCUT2D eigenvalue weighted by Gasteiger charge is 2.20. The Balaban J connectivity index is 0.00000222. The molecule has 0 aromatic carbocycles. The van der Waals surface area contributed by atoms with Crippen LogP contribution in [0.1, 0.15) is 129 Å². The average molecular weight is 525 g/mol. The molecule has 0 spiro atoms. The van der Waals surface area contributed by atoms with Crippen LogP contribution in [0.15, 0.2) is 18.7 Å². The quantitative estimate of drug-likeness (QED) is 0.0584. The van der Waals surface area contributed by atoms with Crippen molar-refractivity contribution >= 4 is 7.25 Å². The van der Waals surface area contributed by atoms with Crippen LogP contribution in [-0.4, -0.2) is 25.0 Å². The minimum atomic E-state index is -6.00. The molecule has 1 aromatic rings. The lowest BCUT2D eigenvalue weighted by atomic mass is 10.1. The minimum absolute atomic E-state index is 0.641. The zero-order valence-corrected chi connectivity index (χ0v) is 23.1. The van der Waals surface area contributed by atoms with Crippen LogP contribution in [0, 0.1) is 0 Å². The Morgan fingerprint density at radius 2 is 1.00 bits per heavy atom. The van der Waals surface area contributed by atoms with Crippen LogP contribution in [0.2, 0.25) is 0 Å². The van der Waals surface area contributed by atoms with Crippen molar-refractivity contribution < 1.29 is 31.3 Å². The van der Waals surface area contributed by atoms with Gasteiger partial charge in [0.15, 0.2) is 13.5 Å². The molecule has 0 aliphatic carbocycles. The topological polar surface area (TPSA) is 27.3 Å². The summed E-state index contributed by atoms with van der Waals surface area (Å²) < 4.78 is 54.8. The van der Waals surface area contributed by atoms with Gasteiger partial charge < -0.3 is 26.7 Å². The Bertz CT molecular complexity index is 528. The van der Waals surface area contributed by atoms with Crippen LogP contribution in [-0.2, 0) is 22.9 Å². The molecule has 0 radical (unpaired) electrons. The third-order valence-corrected chi connectivity index (χ3v) is 6.01. The number of hydrogen-bond acceptors (Lipinski definition) is 2. The summed E-state index contributed by atoms with van der Waals surface area (Å²) in [7, 11) is -6.00. The molecular formula is C27H53BF4N2O2. The maximum atomic E-state index is 9.75. The van der Waals surface area contributed by atoms with Crippen molar-refractivity contribution in [3.63, 3.8) is 0 Å². The molecule has 1 heterocycles. The van der Waals surface area contributed by atoms with E-state index < -0.39 is 7.25 Å². The molecule has 4 nitrogen and oxygen atoms in total. The third-order valence-electron chi connectivity index (χ3n) is 6.01. The SMILES string of the molecule is CCCCCCCCCCCOCn1cc[n+](COCCCCCCCCCCC)c1.F[B-](F)(F)F. The van der Waals surface area contributed by atoms with E-state index in [-0.39, 0.29) is 0 Å². The molecule has 1 rings (SSSR count). The first-order valence-electron chi connectivity index (χ1n) is 14.4. The highest BCUT2D eigenvalue weighted by atomic mass is 19.5. The summed E-state index contributed by atoms with van der Waals surface area (Å²) in [6.45, 7) is 7.57. The molecule has 214 valence electrons. The largest absolute Gasteiger partial charge is 0.673 e. The molecular weight excluding hydrogens is 471 g/mol. The van der Waals surface area contributed by atoms with Gasteiger partial charge in [-0.1, -0.05) is 117 Å². The molecule has 0 amide bonds. The van der Waals surface area contributed by atoms with Gasteiger partial charge in [-0.25, -0.2) is 9.13 Å². The Kier molecular flexibility index (Phi) is 24.8. The second kappa shape index (κ2) is 25.6. The van der Waals surface area contributed by atoms with E-state index in [0.717, 1.165) is 13.2 Å². The predicted octanol–water partition coefficient (Wildman–Crippen LogP) is 9.09. The van der Waals surface area contributed by atoms with Gasteiger partial charge in [0, 0.05) is 0 Å². The Hall–Kier alpha value is -1.09. The van der Waals surface area contributed by atoms with Gasteiger partial charge in [0.05, 0.1) is 13.2 Å². The summed E-state index contributed by atoms with van der Waals surface area (Å²) in [5.74, 6) is 0. The Labute approximate surface area is 218 Å². The van der Waals surface area contributed by atoms with Gasteiger partial charge in [-0.05, 0) is 12.8 Å². The van der Waals surface area contributed by atoms with E-state index in [1.54, 1.807) is 0 Å². The number of halogens is 4. The summed E-state index contributed by atoms with van der Waals surface area (Å²) in [4.78, 5) is 0. The molecule has 0 saturated carbocycles. The lowest BCUT2D eigenvalue weighted by Crippen LogP contribution is -2.32. The van der Waals surface area contributed by atoms with Crippen LogP contribution < -0.4 is 4.57 Å². The first-order valence-corrected chi connectivity index (χ1v) is 14.4. The van der Waals surface area contributed by atoms with Crippen molar-refractivity contribution in [2.45, 2.75) is 143 Å². The van der Waals surface area contributed by atoms with Crippen LogP contribution in [0.25, 0.3) is 0 Å². The fourth-order valence-corrected chi connectivity index (χ4v) is 3.96. The average Bonchev–Trinajstić information content (AvgIpc) is 3.27. The second-order valence-electron chi connectivity index (χ2n) is 9.67. The molecule has 0 N–H and O–H groups in total.